The number of aromatic nitrogens is 3. The molecule has 5 rings (SSSR count). The lowest BCUT2D eigenvalue weighted by atomic mass is 10.0. The summed E-state index contributed by atoms with van der Waals surface area (Å²) in [5.74, 6) is 0.573. The molecule has 1 aromatic carbocycles. The third kappa shape index (κ3) is 3.59. The summed E-state index contributed by atoms with van der Waals surface area (Å²) in [5.41, 5.74) is 1.87. The Hall–Kier alpha value is -2.90. The summed E-state index contributed by atoms with van der Waals surface area (Å²) in [6, 6.07) is 12.2. The Kier molecular flexibility index (Phi) is 4.69. The highest BCUT2D eigenvalue weighted by Crippen LogP contribution is 2.34. The summed E-state index contributed by atoms with van der Waals surface area (Å²) in [6.07, 6.45) is 4.95. The zero-order chi connectivity index (χ0) is 19.7. The van der Waals surface area contributed by atoms with Gasteiger partial charge in [0, 0.05) is 55.5 Å². The van der Waals surface area contributed by atoms with E-state index in [0.717, 1.165) is 37.3 Å². The number of ether oxygens (including phenoxy) is 2. The van der Waals surface area contributed by atoms with Gasteiger partial charge in [0.15, 0.2) is 11.6 Å². The molecule has 0 saturated carbocycles. The summed E-state index contributed by atoms with van der Waals surface area (Å²) >= 11 is 0. The first-order valence-corrected chi connectivity index (χ1v) is 9.80. The monoisotopic (exact) mass is 392 g/mol. The maximum absolute atomic E-state index is 14.5. The second-order valence-electron chi connectivity index (χ2n) is 7.25. The molecule has 2 aromatic heterocycles. The van der Waals surface area contributed by atoms with Crippen molar-refractivity contribution in [2.75, 3.05) is 31.2 Å². The second-order valence-corrected chi connectivity index (χ2v) is 7.25. The van der Waals surface area contributed by atoms with Gasteiger partial charge in [-0.2, -0.15) is 0 Å². The van der Waals surface area contributed by atoms with Crippen LogP contribution >= 0.6 is 0 Å². The maximum Gasteiger partial charge on any atom is 0.171 e. The molecule has 2 saturated heterocycles. The quantitative estimate of drug-likeness (QED) is 0.678. The van der Waals surface area contributed by atoms with Gasteiger partial charge in [-0.3, -0.25) is 4.98 Å². The number of anilines is 1. The number of nitrogens with zero attached hydrogens (tertiary/aromatic N) is 4. The van der Waals surface area contributed by atoms with Crippen LogP contribution in [0, 0.1) is 5.82 Å². The van der Waals surface area contributed by atoms with Crippen LogP contribution in [0.1, 0.15) is 12.8 Å². The van der Waals surface area contributed by atoms with E-state index < -0.39 is 5.79 Å². The van der Waals surface area contributed by atoms with E-state index in [1.54, 1.807) is 24.5 Å². The first-order valence-electron chi connectivity index (χ1n) is 9.80. The van der Waals surface area contributed by atoms with Crippen molar-refractivity contribution in [1.82, 2.24) is 15.0 Å². The lowest BCUT2D eigenvalue weighted by Gasteiger charge is -2.38. The fourth-order valence-electron chi connectivity index (χ4n) is 3.90. The van der Waals surface area contributed by atoms with Gasteiger partial charge >= 0.3 is 0 Å². The lowest BCUT2D eigenvalue weighted by molar-refractivity contribution is -0.169. The van der Waals surface area contributed by atoms with E-state index in [4.69, 9.17) is 14.5 Å². The molecule has 0 bridgehead atoms. The number of piperidine rings is 1. The van der Waals surface area contributed by atoms with E-state index in [2.05, 4.69) is 14.9 Å². The van der Waals surface area contributed by atoms with Crippen LogP contribution in [0.5, 0.6) is 0 Å². The zero-order valence-electron chi connectivity index (χ0n) is 15.9. The van der Waals surface area contributed by atoms with Gasteiger partial charge in [-0.1, -0.05) is 12.1 Å². The summed E-state index contributed by atoms with van der Waals surface area (Å²) in [6.45, 7) is 2.81. The fourth-order valence-corrected chi connectivity index (χ4v) is 3.90. The third-order valence-electron chi connectivity index (χ3n) is 5.46. The van der Waals surface area contributed by atoms with E-state index in [1.807, 2.05) is 24.3 Å². The van der Waals surface area contributed by atoms with Crippen LogP contribution in [0.25, 0.3) is 22.6 Å². The molecule has 4 heterocycles. The largest absolute Gasteiger partial charge is 0.356 e. The average Bonchev–Trinajstić information content (AvgIpc) is 3.23. The SMILES string of the molecule is Fc1ccccc1-c1cc(N2CCC3(CC2)OCCO3)nc(-c2ccncc2)n1. The molecule has 0 atom stereocenters. The van der Waals surface area contributed by atoms with E-state index in [0.29, 0.717) is 30.3 Å². The fraction of sp³-hybridized carbons (Fsp3) is 0.318. The average molecular weight is 392 g/mol. The number of halogens is 1. The van der Waals surface area contributed by atoms with Gasteiger partial charge in [-0.15, -0.1) is 0 Å². The molecule has 2 aliphatic rings. The van der Waals surface area contributed by atoms with Crippen molar-refractivity contribution in [3.8, 4) is 22.6 Å². The van der Waals surface area contributed by atoms with Gasteiger partial charge in [0.05, 0.1) is 18.9 Å². The Morgan fingerprint density at radius 3 is 2.38 bits per heavy atom. The molecule has 0 radical (unpaired) electrons. The topological polar surface area (TPSA) is 60.4 Å². The Morgan fingerprint density at radius 1 is 0.931 bits per heavy atom. The van der Waals surface area contributed by atoms with Crippen molar-refractivity contribution in [3.05, 3.63) is 60.7 Å². The van der Waals surface area contributed by atoms with Gasteiger partial charge in [-0.05, 0) is 24.3 Å². The molecule has 29 heavy (non-hydrogen) atoms. The molecule has 0 aliphatic carbocycles. The van der Waals surface area contributed by atoms with Crippen molar-refractivity contribution in [3.63, 3.8) is 0 Å². The maximum atomic E-state index is 14.5. The first-order chi connectivity index (χ1) is 14.2. The van der Waals surface area contributed by atoms with Gasteiger partial charge in [0.25, 0.3) is 0 Å². The van der Waals surface area contributed by atoms with Crippen LogP contribution in [-0.2, 0) is 9.47 Å². The Morgan fingerprint density at radius 2 is 1.66 bits per heavy atom. The third-order valence-corrected chi connectivity index (χ3v) is 5.46. The van der Waals surface area contributed by atoms with E-state index in [-0.39, 0.29) is 5.82 Å². The Labute approximate surface area is 168 Å². The molecule has 0 unspecified atom stereocenters. The van der Waals surface area contributed by atoms with Crippen LogP contribution < -0.4 is 4.90 Å². The van der Waals surface area contributed by atoms with Crippen LogP contribution in [0.2, 0.25) is 0 Å². The molecule has 1 spiro atoms. The molecule has 0 N–H and O–H groups in total. The van der Waals surface area contributed by atoms with Gasteiger partial charge in [0.2, 0.25) is 0 Å². The summed E-state index contributed by atoms with van der Waals surface area (Å²) in [5, 5.41) is 0. The minimum Gasteiger partial charge on any atom is -0.356 e. The van der Waals surface area contributed by atoms with E-state index >= 15 is 0 Å². The smallest absolute Gasteiger partial charge is 0.171 e. The van der Waals surface area contributed by atoms with Crippen LogP contribution in [0.3, 0.4) is 0 Å². The van der Waals surface area contributed by atoms with Crippen LogP contribution in [-0.4, -0.2) is 47.0 Å². The van der Waals surface area contributed by atoms with Gasteiger partial charge in [-0.25, -0.2) is 14.4 Å². The number of hydrogen-bond donors (Lipinski definition) is 0. The molecular formula is C22H21FN4O2. The zero-order valence-corrected chi connectivity index (χ0v) is 15.9. The van der Waals surface area contributed by atoms with E-state index in [1.165, 1.54) is 6.07 Å². The summed E-state index contributed by atoms with van der Waals surface area (Å²) in [7, 11) is 0. The standard InChI is InChI=1S/C22H21FN4O2/c23-18-4-2-1-3-17(18)19-15-20(26-21(25-19)16-5-9-24-10-6-16)27-11-7-22(8-12-27)28-13-14-29-22/h1-6,9-10,15H,7-8,11-14H2. The summed E-state index contributed by atoms with van der Waals surface area (Å²) in [4.78, 5) is 15.7. The first kappa shape index (κ1) is 18.1. The van der Waals surface area contributed by atoms with Crippen molar-refractivity contribution >= 4 is 5.82 Å². The van der Waals surface area contributed by atoms with Crippen LogP contribution in [0.15, 0.2) is 54.9 Å². The second kappa shape index (κ2) is 7.50. The van der Waals surface area contributed by atoms with Gasteiger partial charge in [0.1, 0.15) is 11.6 Å². The number of hydrogen-bond acceptors (Lipinski definition) is 6. The Balaban J connectivity index is 1.53. The normalized spacial score (nSPS) is 18.3. The van der Waals surface area contributed by atoms with Crippen molar-refractivity contribution in [2.45, 2.75) is 18.6 Å². The predicted octanol–water partition coefficient (Wildman–Crippen LogP) is 3.69. The minimum atomic E-state index is -0.453. The Bertz CT molecular complexity index is 999. The highest BCUT2D eigenvalue weighted by atomic mass is 19.1. The molecule has 148 valence electrons. The van der Waals surface area contributed by atoms with Crippen LogP contribution in [0.4, 0.5) is 10.2 Å². The van der Waals surface area contributed by atoms with E-state index in [9.17, 15) is 4.39 Å². The highest BCUT2D eigenvalue weighted by molar-refractivity contribution is 5.68. The minimum absolute atomic E-state index is 0.303. The molecular weight excluding hydrogens is 371 g/mol. The predicted molar refractivity (Wildman–Crippen MR) is 107 cm³/mol. The van der Waals surface area contributed by atoms with Gasteiger partial charge < -0.3 is 14.4 Å². The molecule has 3 aromatic rings. The van der Waals surface area contributed by atoms with Crippen molar-refractivity contribution in [1.29, 1.82) is 0 Å². The lowest BCUT2D eigenvalue weighted by Crippen LogP contribution is -2.45. The number of rotatable bonds is 3. The summed E-state index contributed by atoms with van der Waals surface area (Å²) < 4.78 is 26.1. The van der Waals surface area contributed by atoms with Crippen molar-refractivity contribution in [2.24, 2.45) is 0 Å². The molecule has 6 nitrogen and oxygen atoms in total. The number of benzene rings is 1. The molecule has 7 heteroatoms. The highest BCUT2D eigenvalue weighted by Gasteiger charge is 2.40. The molecule has 2 fully saturated rings. The number of pyridine rings is 1. The molecule has 2 aliphatic heterocycles. The molecule has 0 amide bonds. The van der Waals surface area contributed by atoms with Crippen molar-refractivity contribution < 1.29 is 13.9 Å².